The second-order valence-corrected chi connectivity index (χ2v) is 2.46. The molecule has 0 aromatic carbocycles. The van der Waals surface area contributed by atoms with Crippen molar-refractivity contribution in [3.8, 4) is 0 Å². The predicted octanol–water partition coefficient (Wildman–Crippen LogP) is 2.34. The number of hydrogen-bond donors (Lipinski definition) is 1. The first-order chi connectivity index (χ1) is 6.07. The molecule has 0 rings (SSSR count). The third-order valence-corrected chi connectivity index (χ3v) is 1.29. The first-order valence-corrected chi connectivity index (χ1v) is 3.71. The Hall–Kier alpha value is -1.83. The van der Waals surface area contributed by atoms with Crippen LogP contribution in [0.2, 0.25) is 0 Å². The highest BCUT2D eigenvalue weighted by atomic mass is 14.6. The van der Waals surface area contributed by atoms with E-state index in [0.717, 1.165) is 11.1 Å². The monoisotopic (exact) mass is 174 g/mol. The second kappa shape index (κ2) is 5.77. The van der Waals surface area contributed by atoms with Crippen LogP contribution in [0.3, 0.4) is 0 Å². The maximum Gasteiger partial charge on any atom is 0.0266 e. The summed E-state index contributed by atoms with van der Waals surface area (Å²) >= 11 is 0. The molecule has 0 aliphatic carbocycles. The highest BCUT2D eigenvalue weighted by Gasteiger charge is 1.89. The van der Waals surface area contributed by atoms with Crippen molar-refractivity contribution < 1.29 is 0 Å². The summed E-state index contributed by atoms with van der Waals surface area (Å²) in [6.45, 7) is 14.4. The highest BCUT2D eigenvalue weighted by Crippen LogP contribution is 2.08. The van der Waals surface area contributed by atoms with Crippen molar-refractivity contribution in [2.45, 2.75) is 0 Å². The van der Waals surface area contributed by atoms with E-state index < -0.39 is 0 Å². The van der Waals surface area contributed by atoms with E-state index in [9.17, 15) is 0 Å². The Morgan fingerprint density at radius 1 is 1.00 bits per heavy atom. The Bertz CT molecular complexity index is 293. The summed E-state index contributed by atoms with van der Waals surface area (Å²) in [5.41, 5.74) is 7.37. The van der Waals surface area contributed by atoms with Gasteiger partial charge in [0, 0.05) is 11.9 Å². The minimum absolute atomic E-state index is 0.486. The lowest BCUT2D eigenvalue weighted by Gasteiger charge is -1.97. The molecule has 68 valence electrons. The normalized spacial score (nSPS) is 10.5. The van der Waals surface area contributed by atoms with E-state index in [1.165, 1.54) is 0 Å². The Morgan fingerprint density at radius 2 is 1.54 bits per heavy atom. The zero-order chi connectivity index (χ0) is 10.3. The van der Waals surface area contributed by atoms with Gasteiger partial charge in [0.15, 0.2) is 0 Å². The maximum absolute atomic E-state index is 5.34. The molecule has 0 radical (unpaired) electrons. The maximum atomic E-state index is 5.34. The van der Waals surface area contributed by atoms with Crippen molar-refractivity contribution in [3.05, 3.63) is 61.0 Å². The van der Waals surface area contributed by atoms with Crippen molar-refractivity contribution in [3.63, 3.8) is 0 Å². The van der Waals surface area contributed by atoms with Gasteiger partial charge in [-0.15, -0.1) is 0 Å². The van der Waals surface area contributed by atoms with Crippen molar-refractivity contribution >= 4 is 6.72 Å². The van der Waals surface area contributed by atoms with Crippen LogP contribution in [-0.4, -0.2) is 6.72 Å². The van der Waals surface area contributed by atoms with E-state index >= 15 is 0 Å². The van der Waals surface area contributed by atoms with Crippen LogP contribution in [0.5, 0.6) is 0 Å². The molecular weight excluding hydrogens is 160 g/mol. The van der Waals surface area contributed by atoms with E-state index in [1.807, 2.05) is 0 Å². The van der Waals surface area contributed by atoms with Crippen LogP contribution < -0.4 is 5.73 Å². The fourth-order valence-electron chi connectivity index (χ4n) is 0.564. The minimum atomic E-state index is 0.486. The molecule has 2 nitrogen and oxygen atoms in total. The van der Waals surface area contributed by atoms with Gasteiger partial charge in [-0.1, -0.05) is 25.8 Å². The molecule has 13 heavy (non-hydrogen) atoms. The fourth-order valence-corrected chi connectivity index (χ4v) is 0.564. The third-order valence-electron chi connectivity index (χ3n) is 1.29. The summed E-state index contributed by atoms with van der Waals surface area (Å²) in [4.78, 5) is 3.55. The molecule has 0 aromatic heterocycles. The standard InChI is InChI=1S/C11H14N2/c1-9(5-6-11(3)12)10(2)7-8-13-4/h5-8H,1-4,12H2/b6-5-,8-7-. The SMILES string of the molecule is C=N/C=C\C(=C)C(=C)/C=C\C(=C)N. The topological polar surface area (TPSA) is 38.4 Å². The van der Waals surface area contributed by atoms with E-state index in [0.29, 0.717) is 5.70 Å². The number of aliphatic imine (C=N–C) groups is 1. The van der Waals surface area contributed by atoms with Gasteiger partial charge in [0.1, 0.15) is 0 Å². The lowest BCUT2D eigenvalue weighted by Crippen LogP contribution is -1.89. The summed E-state index contributed by atoms with van der Waals surface area (Å²) in [7, 11) is 0. The van der Waals surface area contributed by atoms with Crippen molar-refractivity contribution in [1.82, 2.24) is 0 Å². The zero-order valence-corrected chi connectivity index (χ0v) is 7.66. The lowest BCUT2D eigenvalue weighted by molar-refractivity contribution is 1.44. The molecule has 0 atom stereocenters. The summed E-state index contributed by atoms with van der Waals surface area (Å²) in [6, 6.07) is 0. The molecule has 0 saturated heterocycles. The second-order valence-electron chi connectivity index (χ2n) is 2.46. The third kappa shape index (κ3) is 5.44. The van der Waals surface area contributed by atoms with E-state index in [4.69, 9.17) is 5.73 Å². The predicted molar refractivity (Wildman–Crippen MR) is 59.4 cm³/mol. The van der Waals surface area contributed by atoms with Gasteiger partial charge in [0.2, 0.25) is 0 Å². The lowest BCUT2D eigenvalue weighted by atomic mass is 10.1. The van der Waals surface area contributed by atoms with Gasteiger partial charge in [-0.3, -0.25) is 4.99 Å². The molecule has 0 saturated carbocycles. The average Bonchev–Trinajstić information content (AvgIpc) is 2.10. The number of nitrogens with two attached hydrogens (primary N) is 1. The van der Waals surface area contributed by atoms with E-state index in [-0.39, 0.29) is 0 Å². The molecule has 2 heteroatoms. The molecule has 0 amide bonds. The largest absolute Gasteiger partial charge is 0.399 e. The van der Waals surface area contributed by atoms with Crippen LogP contribution in [0.1, 0.15) is 0 Å². The Labute approximate surface area is 79.2 Å². The molecule has 0 bridgehead atoms. The fraction of sp³-hybridized carbons (Fsp3) is 0. The van der Waals surface area contributed by atoms with Crippen LogP contribution in [-0.2, 0) is 0 Å². The van der Waals surface area contributed by atoms with Crippen molar-refractivity contribution in [1.29, 1.82) is 0 Å². The summed E-state index contributed by atoms with van der Waals surface area (Å²) in [5.74, 6) is 0. The van der Waals surface area contributed by atoms with Crippen LogP contribution in [0.25, 0.3) is 0 Å². The van der Waals surface area contributed by atoms with E-state index in [1.54, 1.807) is 24.4 Å². The highest BCUT2D eigenvalue weighted by molar-refractivity contribution is 5.44. The summed E-state index contributed by atoms with van der Waals surface area (Å²) in [5, 5.41) is 0. The number of rotatable bonds is 5. The smallest absolute Gasteiger partial charge is 0.0266 e. The van der Waals surface area contributed by atoms with Crippen LogP contribution in [0, 0.1) is 0 Å². The first-order valence-electron chi connectivity index (χ1n) is 3.71. The molecule has 0 heterocycles. The number of hydrogen-bond acceptors (Lipinski definition) is 2. The van der Waals surface area contributed by atoms with Gasteiger partial charge in [0.25, 0.3) is 0 Å². The first kappa shape index (κ1) is 11.2. The van der Waals surface area contributed by atoms with Crippen molar-refractivity contribution in [2.75, 3.05) is 0 Å². The summed E-state index contributed by atoms with van der Waals surface area (Å²) < 4.78 is 0. The van der Waals surface area contributed by atoms with Gasteiger partial charge in [-0.05, 0) is 30.0 Å². The average molecular weight is 174 g/mol. The number of allylic oxidation sites excluding steroid dienone is 5. The number of nitrogens with zero attached hydrogens (tertiary/aromatic N) is 1. The minimum Gasteiger partial charge on any atom is -0.399 e. The van der Waals surface area contributed by atoms with Gasteiger partial charge in [-0.2, -0.15) is 0 Å². The molecule has 2 N–H and O–H groups in total. The molecule has 0 unspecified atom stereocenters. The van der Waals surface area contributed by atoms with Gasteiger partial charge in [0.05, 0.1) is 0 Å². The zero-order valence-electron chi connectivity index (χ0n) is 7.66. The molecule has 0 spiro atoms. The van der Waals surface area contributed by atoms with Crippen molar-refractivity contribution in [2.24, 2.45) is 10.7 Å². The van der Waals surface area contributed by atoms with E-state index in [2.05, 4.69) is 31.4 Å². The quantitative estimate of drug-likeness (QED) is 0.504. The van der Waals surface area contributed by atoms with Gasteiger partial charge in [-0.25, -0.2) is 0 Å². The molecular formula is C11H14N2. The molecule has 0 aliphatic heterocycles. The molecule has 0 fully saturated rings. The van der Waals surface area contributed by atoms with Gasteiger partial charge < -0.3 is 5.73 Å². The van der Waals surface area contributed by atoms with Crippen LogP contribution in [0.15, 0.2) is 66.0 Å². The van der Waals surface area contributed by atoms with Crippen LogP contribution in [0.4, 0.5) is 0 Å². The van der Waals surface area contributed by atoms with Crippen LogP contribution >= 0.6 is 0 Å². The Kier molecular flexibility index (Phi) is 4.96. The molecule has 0 aromatic rings. The summed E-state index contributed by atoms with van der Waals surface area (Å²) in [6.07, 6.45) is 6.69. The molecule has 0 aliphatic rings. The Balaban J connectivity index is 4.28. The van der Waals surface area contributed by atoms with Gasteiger partial charge >= 0.3 is 0 Å². The Morgan fingerprint density at radius 3 is 2.00 bits per heavy atom.